The number of carbonyl (C=O) groups is 1. The topological polar surface area (TPSA) is 63.5 Å². The molecule has 0 radical (unpaired) electrons. The fourth-order valence-electron chi connectivity index (χ4n) is 2.87. The summed E-state index contributed by atoms with van der Waals surface area (Å²) in [4.78, 5) is 11.7. The first-order valence-corrected chi connectivity index (χ1v) is 7.82. The van der Waals surface area contributed by atoms with Crippen LogP contribution in [0.15, 0.2) is 24.3 Å². The van der Waals surface area contributed by atoms with Crippen molar-refractivity contribution in [2.75, 3.05) is 20.3 Å². The summed E-state index contributed by atoms with van der Waals surface area (Å²) in [5.41, 5.74) is 3.01. The summed E-state index contributed by atoms with van der Waals surface area (Å²) in [5.74, 6) is -1.26. The molecule has 24 heavy (non-hydrogen) atoms. The van der Waals surface area contributed by atoms with Gasteiger partial charge in [0, 0.05) is 42.7 Å². The van der Waals surface area contributed by atoms with Crippen LogP contribution < -0.4 is 5.32 Å². The minimum atomic E-state index is -0.966. The molecule has 5 nitrogen and oxygen atoms in total. The van der Waals surface area contributed by atoms with E-state index in [4.69, 9.17) is 4.74 Å². The number of hydrogen-bond donors (Lipinski definition) is 2. The van der Waals surface area contributed by atoms with E-state index in [2.05, 4.69) is 5.32 Å². The number of carboxylic acids is 1. The number of nitrogens with zero attached hydrogens (tertiary/aromatic N) is 1. The molecule has 1 aromatic carbocycles. The molecule has 0 amide bonds. The van der Waals surface area contributed by atoms with Gasteiger partial charge in [-0.1, -0.05) is 18.2 Å². The second-order valence-electron chi connectivity index (χ2n) is 5.68. The number of methoxy groups -OCH3 is 1. The van der Waals surface area contributed by atoms with E-state index in [0.29, 0.717) is 37.5 Å². The van der Waals surface area contributed by atoms with E-state index in [1.807, 2.05) is 11.5 Å². The van der Waals surface area contributed by atoms with Gasteiger partial charge in [0.1, 0.15) is 5.82 Å². The highest BCUT2D eigenvalue weighted by Crippen LogP contribution is 2.24. The Morgan fingerprint density at radius 3 is 2.62 bits per heavy atom. The molecule has 0 atom stereocenters. The quantitative estimate of drug-likeness (QED) is 0.729. The van der Waals surface area contributed by atoms with Gasteiger partial charge in [-0.25, -0.2) is 9.18 Å². The molecule has 1 aromatic heterocycles. The zero-order valence-corrected chi connectivity index (χ0v) is 14.2. The van der Waals surface area contributed by atoms with Gasteiger partial charge in [-0.05, 0) is 19.9 Å². The van der Waals surface area contributed by atoms with Gasteiger partial charge in [0.15, 0.2) is 0 Å². The van der Waals surface area contributed by atoms with Crippen molar-refractivity contribution >= 4 is 5.97 Å². The molecule has 0 bridgehead atoms. The molecule has 0 saturated carbocycles. The molecule has 2 rings (SSSR count). The van der Waals surface area contributed by atoms with Crippen LogP contribution in [0.2, 0.25) is 0 Å². The van der Waals surface area contributed by atoms with Crippen molar-refractivity contribution in [3.63, 3.8) is 0 Å². The number of halogens is 1. The molecule has 6 heteroatoms. The van der Waals surface area contributed by atoms with Crippen molar-refractivity contribution in [1.29, 1.82) is 0 Å². The van der Waals surface area contributed by atoms with Gasteiger partial charge in [0.2, 0.25) is 0 Å². The largest absolute Gasteiger partial charge is 0.478 e. The first-order valence-electron chi connectivity index (χ1n) is 7.82. The Hall–Kier alpha value is -2.18. The molecular weight excluding hydrogens is 311 g/mol. The lowest BCUT2D eigenvalue weighted by Crippen LogP contribution is -2.20. The van der Waals surface area contributed by atoms with E-state index in [-0.39, 0.29) is 11.4 Å². The second-order valence-corrected chi connectivity index (χ2v) is 5.68. The maximum Gasteiger partial charge on any atom is 0.337 e. The molecule has 130 valence electrons. The molecule has 0 spiro atoms. The Balaban J connectivity index is 2.35. The highest BCUT2D eigenvalue weighted by atomic mass is 19.1. The first kappa shape index (κ1) is 18.2. The Labute approximate surface area is 141 Å². The van der Waals surface area contributed by atoms with Gasteiger partial charge >= 0.3 is 5.97 Å². The van der Waals surface area contributed by atoms with Crippen LogP contribution in [-0.4, -0.2) is 35.9 Å². The zero-order chi connectivity index (χ0) is 17.7. The number of carboxylic acid groups (broad SMARTS) is 1. The average molecular weight is 334 g/mol. The Morgan fingerprint density at radius 1 is 1.29 bits per heavy atom. The van der Waals surface area contributed by atoms with Crippen molar-refractivity contribution in [1.82, 2.24) is 9.88 Å². The highest BCUT2D eigenvalue weighted by molar-refractivity contribution is 5.91. The standard InChI is InChI=1S/C18H23FN2O3/c1-12-15(10-20-8-9-24-3)17(18(22)23)13(2)21(12)11-14-6-4-5-7-16(14)19/h4-7,20H,8-11H2,1-3H3,(H,22,23). The predicted octanol–water partition coefficient (Wildman–Crippen LogP) is 2.73. The lowest BCUT2D eigenvalue weighted by molar-refractivity contribution is 0.0694. The normalized spacial score (nSPS) is 11.0. The third-order valence-corrected chi connectivity index (χ3v) is 4.19. The van der Waals surface area contributed by atoms with E-state index in [9.17, 15) is 14.3 Å². The summed E-state index contributed by atoms with van der Waals surface area (Å²) in [7, 11) is 1.62. The van der Waals surface area contributed by atoms with Gasteiger partial charge in [0.05, 0.1) is 18.7 Å². The third-order valence-electron chi connectivity index (χ3n) is 4.19. The van der Waals surface area contributed by atoms with Crippen LogP contribution in [0.5, 0.6) is 0 Å². The maximum absolute atomic E-state index is 13.9. The summed E-state index contributed by atoms with van der Waals surface area (Å²) in [5, 5.41) is 12.7. The number of hydrogen-bond acceptors (Lipinski definition) is 3. The summed E-state index contributed by atoms with van der Waals surface area (Å²) < 4.78 is 20.8. The molecule has 0 aliphatic heterocycles. The maximum atomic E-state index is 13.9. The summed E-state index contributed by atoms with van der Waals surface area (Å²) in [6, 6.07) is 6.54. The van der Waals surface area contributed by atoms with Crippen LogP contribution in [0.3, 0.4) is 0 Å². The summed E-state index contributed by atoms with van der Waals surface area (Å²) >= 11 is 0. The van der Waals surface area contributed by atoms with Crippen LogP contribution in [0.1, 0.15) is 32.9 Å². The van der Waals surface area contributed by atoms with Crippen LogP contribution in [-0.2, 0) is 17.8 Å². The van der Waals surface area contributed by atoms with Crippen LogP contribution >= 0.6 is 0 Å². The molecule has 1 heterocycles. The molecule has 0 saturated heterocycles. The molecule has 2 aromatic rings. The number of aromatic carboxylic acids is 1. The average Bonchev–Trinajstić information content (AvgIpc) is 2.78. The Bertz CT molecular complexity index is 725. The van der Waals surface area contributed by atoms with E-state index in [0.717, 1.165) is 11.3 Å². The summed E-state index contributed by atoms with van der Waals surface area (Å²) in [6.07, 6.45) is 0. The molecule has 0 aliphatic carbocycles. The molecule has 0 unspecified atom stereocenters. The smallest absolute Gasteiger partial charge is 0.337 e. The lowest BCUT2D eigenvalue weighted by atomic mass is 10.1. The Morgan fingerprint density at radius 2 is 2.00 bits per heavy atom. The monoisotopic (exact) mass is 334 g/mol. The van der Waals surface area contributed by atoms with Gasteiger partial charge < -0.3 is 19.7 Å². The van der Waals surface area contributed by atoms with Gasteiger partial charge in [0.25, 0.3) is 0 Å². The Kier molecular flexibility index (Phi) is 6.11. The fraction of sp³-hybridized carbons (Fsp3) is 0.389. The number of benzene rings is 1. The minimum absolute atomic E-state index is 0.286. The molecule has 0 aliphatic rings. The fourth-order valence-corrected chi connectivity index (χ4v) is 2.87. The van der Waals surface area contributed by atoms with Crippen molar-refractivity contribution in [3.8, 4) is 0 Å². The van der Waals surface area contributed by atoms with Crippen molar-refractivity contribution in [2.45, 2.75) is 26.9 Å². The van der Waals surface area contributed by atoms with Gasteiger partial charge in [-0.2, -0.15) is 0 Å². The number of ether oxygens (including phenoxy) is 1. The first-order chi connectivity index (χ1) is 11.5. The minimum Gasteiger partial charge on any atom is -0.478 e. The van der Waals surface area contributed by atoms with Crippen LogP contribution in [0, 0.1) is 19.7 Å². The van der Waals surface area contributed by atoms with E-state index in [1.54, 1.807) is 32.2 Å². The molecule has 2 N–H and O–H groups in total. The SMILES string of the molecule is COCCNCc1c(C(=O)O)c(C)n(Cc2ccccc2F)c1C. The summed E-state index contributed by atoms with van der Waals surface area (Å²) in [6.45, 7) is 5.55. The van der Waals surface area contributed by atoms with Gasteiger partial charge in [-0.3, -0.25) is 0 Å². The van der Waals surface area contributed by atoms with Crippen molar-refractivity contribution in [3.05, 3.63) is 58.2 Å². The second kappa shape index (κ2) is 8.08. The number of nitrogens with one attached hydrogen (secondary N) is 1. The molecular formula is C18H23FN2O3. The third kappa shape index (κ3) is 3.83. The van der Waals surface area contributed by atoms with Crippen molar-refractivity contribution in [2.24, 2.45) is 0 Å². The number of aromatic nitrogens is 1. The van der Waals surface area contributed by atoms with E-state index < -0.39 is 5.97 Å². The number of rotatable bonds is 8. The van der Waals surface area contributed by atoms with E-state index in [1.165, 1.54) is 6.07 Å². The van der Waals surface area contributed by atoms with Crippen molar-refractivity contribution < 1.29 is 19.0 Å². The highest BCUT2D eigenvalue weighted by Gasteiger charge is 2.22. The van der Waals surface area contributed by atoms with Crippen LogP contribution in [0.4, 0.5) is 4.39 Å². The van der Waals surface area contributed by atoms with Crippen LogP contribution in [0.25, 0.3) is 0 Å². The van der Waals surface area contributed by atoms with Gasteiger partial charge in [-0.15, -0.1) is 0 Å². The lowest BCUT2D eigenvalue weighted by Gasteiger charge is -2.11. The van der Waals surface area contributed by atoms with E-state index >= 15 is 0 Å². The zero-order valence-electron chi connectivity index (χ0n) is 14.2. The predicted molar refractivity (Wildman–Crippen MR) is 90.0 cm³/mol. The molecule has 0 fully saturated rings.